The highest BCUT2D eigenvalue weighted by atomic mass is 35.5. The molecule has 0 radical (unpaired) electrons. The molecule has 6 heteroatoms. The highest BCUT2D eigenvalue weighted by Gasteiger charge is 2.25. The fraction of sp³-hybridized carbons (Fsp3) is 0.375. The first-order valence-corrected chi connectivity index (χ1v) is 8.09. The molecule has 1 aromatic carbocycles. The topological polar surface area (TPSA) is 38.1 Å². The Morgan fingerprint density at radius 3 is 2.68 bits per heavy atom. The number of likely N-dealkylation sites (tertiary alicyclic amines) is 1. The zero-order valence-corrected chi connectivity index (χ0v) is 13.6. The van der Waals surface area contributed by atoms with Crippen LogP contribution in [0.5, 0.6) is 0 Å². The Labute approximate surface area is 139 Å². The first kappa shape index (κ1) is 15.4. The van der Waals surface area contributed by atoms with Gasteiger partial charge in [0, 0.05) is 37.1 Å². The predicted octanol–water partition coefficient (Wildman–Crippen LogP) is 3.74. The van der Waals surface area contributed by atoms with E-state index in [1.165, 1.54) is 0 Å². The van der Waals surface area contributed by atoms with E-state index in [9.17, 15) is 4.79 Å². The van der Waals surface area contributed by atoms with Crippen molar-refractivity contribution in [3.63, 3.8) is 0 Å². The minimum absolute atomic E-state index is 0.0113. The van der Waals surface area contributed by atoms with Crippen LogP contribution in [0, 0.1) is 5.92 Å². The number of piperidine rings is 1. The lowest BCUT2D eigenvalue weighted by Crippen LogP contribution is -2.39. The summed E-state index contributed by atoms with van der Waals surface area (Å²) < 4.78 is 2.10. The van der Waals surface area contributed by atoms with Gasteiger partial charge in [-0.1, -0.05) is 23.2 Å². The molecule has 1 aliphatic rings. The van der Waals surface area contributed by atoms with Crippen molar-refractivity contribution >= 4 is 29.1 Å². The molecule has 0 N–H and O–H groups in total. The number of amides is 1. The molecule has 22 heavy (non-hydrogen) atoms. The Hall–Kier alpha value is -1.52. The standard InChI is InChI=1S/C16H17Cl2N3O/c17-13-1-2-14(15(18)9-13)16(22)21-6-3-12(4-7-21)10-20-8-5-19-11-20/h1-2,5,8-9,11-12H,3-4,6-7,10H2. The molecule has 2 aromatic rings. The number of benzene rings is 1. The number of hydrogen-bond acceptors (Lipinski definition) is 2. The number of imidazole rings is 1. The summed E-state index contributed by atoms with van der Waals surface area (Å²) in [7, 11) is 0. The monoisotopic (exact) mass is 337 g/mol. The molecule has 4 nitrogen and oxygen atoms in total. The molecule has 1 fully saturated rings. The molecule has 3 rings (SSSR count). The minimum Gasteiger partial charge on any atom is -0.339 e. The molecule has 1 saturated heterocycles. The lowest BCUT2D eigenvalue weighted by atomic mass is 9.96. The van der Waals surface area contributed by atoms with Crippen molar-refractivity contribution in [2.75, 3.05) is 13.1 Å². The summed E-state index contributed by atoms with van der Waals surface area (Å²) in [5.74, 6) is 0.571. The summed E-state index contributed by atoms with van der Waals surface area (Å²) in [6, 6.07) is 5.01. The van der Waals surface area contributed by atoms with Crippen LogP contribution in [0.3, 0.4) is 0 Å². The SMILES string of the molecule is O=C(c1ccc(Cl)cc1Cl)N1CCC(Cn2ccnc2)CC1. The first-order valence-electron chi connectivity index (χ1n) is 7.33. The van der Waals surface area contributed by atoms with E-state index in [2.05, 4.69) is 9.55 Å². The first-order chi connectivity index (χ1) is 10.6. The van der Waals surface area contributed by atoms with Crippen LogP contribution in [0.1, 0.15) is 23.2 Å². The smallest absolute Gasteiger partial charge is 0.255 e. The van der Waals surface area contributed by atoms with Gasteiger partial charge in [0.1, 0.15) is 0 Å². The van der Waals surface area contributed by atoms with E-state index in [4.69, 9.17) is 23.2 Å². The maximum atomic E-state index is 12.5. The second-order valence-corrected chi connectivity index (χ2v) is 6.46. The molecule has 1 aromatic heterocycles. The van der Waals surface area contributed by atoms with E-state index in [1.54, 1.807) is 24.4 Å². The molecule has 0 atom stereocenters. The van der Waals surface area contributed by atoms with Gasteiger partial charge in [0.2, 0.25) is 0 Å². The van der Waals surface area contributed by atoms with Crippen LogP contribution in [0.4, 0.5) is 0 Å². The third kappa shape index (κ3) is 3.45. The summed E-state index contributed by atoms with van der Waals surface area (Å²) in [6.07, 6.45) is 7.60. The van der Waals surface area contributed by atoms with Crippen molar-refractivity contribution < 1.29 is 4.79 Å². The second kappa shape index (κ2) is 6.71. The highest BCUT2D eigenvalue weighted by Crippen LogP contribution is 2.25. The van der Waals surface area contributed by atoms with Crippen molar-refractivity contribution in [3.05, 3.63) is 52.5 Å². The van der Waals surface area contributed by atoms with Crippen molar-refractivity contribution in [2.24, 2.45) is 5.92 Å². The number of carbonyl (C=O) groups is 1. The van der Waals surface area contributed by atoms with Crippen LogP contribution in [0.25, 0.3) is 0 Å². The van der Waals surface area contributed by atoms with Crippen LogP contribution in [0.2, 0.25) is 10.0 Å². The maximum Gasteiger partial charge on any atom is 0.255 e. The Morgan fingerprint density at radius 2 is 2.05 bits per heavy atom. The van der Waals surface area contributed by atoms with Gasteiger partial charge in [-0.3, -0.25) is 4.79 Å². The van der Waals surface area contributed by atoms with Crippen molar-refractivity contribution in [1.82, 2.24) is 14.5 Å². The molecule has 0 saturated carbocycles. The number of hydrogen-bond donors (Lipinski definition) is 0. The molecular weight excluding hydrogens is 321 g/mol. The number of nitrogens with zero attached hydrogens (tertiary/aromatic N) is 3. The van der Waals surface area contributed by atoms with Crippen LogP contribution < -0.4 is 0 Å². The Kier molecular flexibility index (Phi) is 4.69. The summed E-state index contributed by atoms with van der Waals surface area (Å²) in [4.78, 5) is 18.5. The quantitative estimate of drug-likeness (QED) is 0.855. The van der Waals surface area contributed by atoms with Gasteiger partial charge in [-0.2, -0.15) is 0 Å². The average Bonchev–Trinajstić information content (AvgIpc) is 3.00. The summed E-state index contributed by atoms with van der Waals surface area (Å²) >= 11 is 12.0. The van der Waals surface area contributed by atoms with Crippen LogP contribution in [-0.4, -0.2) is 33.4 Å². The zero-order chi connectivity index (χ0) is 15.5. The van der Waals surface area contributed by atoms with E-state index >= 15 is 0 Å². The zero-order valence-electron chi connectivity index (χ0n) is 12.1. The highest BCUT2D eigenvalue weighted by molar-refractivity contribution is 6.36. The van der Waals surface area contributed by atoms with Gasteiger partial charge in [0.05, 0.1) is 16.9 Å². The molecular formula is C16H17Cl2N3O. The van der Waals surface area contributed by atoms with Gasteiger partial charge in [-0.05, 0) is 37.0 Å². The second-order valence-electron chi connectivity index (χ2n) is 5.62. The van der Waals surface area contributed by atoms with E-state index in [0.717, 1.165) is 32.5 Å². The van der Waals surface area contributed by atoms with Gasteiger partial charge in [0.25, 0.3) is 5.91 Å². The molecule has 0 unspecified atom stereocenters. The van der Waals surface area contributed by atoms with Gasteiger partial charge in [0.15, 0.2) is 0 Å². The predicted molar refractivity (Wildman–Crippen MR) is 87.3 cm³/mol. The van der Waals surface area contributed by atoms with E-state index in [1.807, 2.05) is 17.4 Å². The Balaban J connectivity index is 1.60. The minimum atomic E-state index is -0.0113. The fourth-order valence-electron chi connectivity index (χ4n) is 2.84. The number of aromatic nitrogens is 2. The lowest BCUT2D eigenvalue weighted by Gasteiger charge is -2.32. The number of halogens is 2. The molecule has 0 bridgehead atoms. The van der Waals surface area contributed by atoms with Gasteiger partial charge >= 0.3 is 0 Å². The molecule has 1 aliphatic heterocycles. The van der Waals surface area contributed by atoms with Crippen molar-refractivity contribution in [3.8, 4) is 0 Å². The summed E-state index contributed by atoms with van der Waals surface area (Å²) in [5, 5.41) is 0.957. The normalized spacial score (nSPS) is 16.0. The molecule has 1 amide bonds. The summed E-state index contributed by atoms with van der Waals surface area (Å²) in [6.45, 7) is 2.48. The molecule has 0 aliphatic carbocycles. The van der Waals surface area contributed by atoms with Crippen molar-refractivity contribution in [1.29, 1.82) is 0 Å². The van der Waals surface area contributed by atoms with E-state index in [-0.39, 0.29) is 5.91 Å². The number of rotatable bonds is 3. The van der Waals surface area contributed by atoms with Gasteiger partial charge in [-0.15, -0.1) is 0 Å². The number of carbonyl (C=O) groups excluding carboxylic acids is 1. The summed E-state index contributed by atoms with van der Waals surface area (Å²) in [5.41, 5.74) is 0.527. The van der Waals surface area contributed by atoms with Gasteiger partial charge < -0.3 is 9.47 Å². The lowest BCUT2D eigenvalue weighted by molar-refractivity contribution is 0.0683. The third-order valence-corrected chi connectivity index (χ3v) is 4.64. The largest absolute Gasteiger partial charge is 0.339 e. The molecule has 2 heterocycles. The van der Waals surface area contributed by atoms with Crippen molar-refractivity contribution in [2.45, 2.75) is 19.4 Å². The third-order valence-electron chi connectivity index (χ3n) is 4.09. The molecule has 0 spiro atoms. The van der Waals surface area contributed by atoms with Crippen LogP contribution >= 0.6 is 23.2 Å². The van der Waals surface area contributed by atoms with E-state index in [0.29, 0.717) is 21.5 Å². The van der Waals surface area contributed by atoms with Gasteiger partial charge in [-0.25, -0.2) is 4.98 Å². The Morgan fingerprint density at radius 1 is 1.27 bits per heavy atom. The Bertz CT molecular complexity index is 649. The average molecular weight is 338 g/mol. The maximum absolute atomic E-state index is 12.5. The van der Waals surface area contributed by atoms with Crippen LogP contribution in [0.15, 0.2) is 36.9 Å². The van der Waals surface area contributed by atoms with Crippen LogP contribution in [-0.2, 0) is 6.54 Å². The van der Waals surface area contributed by atoms with E-state index < -0.39 is 0 Å². The fourth-order valence-corrected chi connectivity index (χ4v) is 3.33. The molecule has 116 valence electrons.